The van der Waals surface area contributed by atoms with Gasteiger partial charge in [-0.25, -0.2) is 0 Å². The first kappa shape index (κ1) is 15.5. The Kier molecular flexibility index (Phi) is 4.03. The molecule has 3 nitrogen and oxygen atoms in total. The summed E-state index contributed by atoms with van der Waals surface area (Å²) in [6.07, 6.45) is -1.10. The molecule has 1 aliphatic rings. The van der Waals surface area contributed by atoms with Gasteiger partial charge in [0.2, 0.25) is 0 Å². The summed E-state index contributed by atoms with van der Waals surface area (Å²) in [7, 11) is 0. The number of nitrogens with one attached hydrogen (secondary N) is 1. The summed E-state index contributed by atoms with van der Waals surface area (Å²) in [5.74, 6) is 0.708. The van der Waals surface area contributed by atoms with Gasteiger partial charge in [-0.05, 0) is 43.0 Å². The molecule has 1 aliphatic heterocycles. The van der Waals surface area contributed by atoms with E-state index in [4.69, 9.17) is 0 Å². The van der Waals surface area contributed by atoms with E-state index in [9.17, 15) is 18.4 Å². The van der Waals surface area contributed by atoms with Gasteiger partial charge in [0, 0.05) is 18.8 Å². The molecule has 2 aromatic rings. The number of hydrogen-bond acceptors (Lipinski definition) is 2. The smallest absolute Gasteiger partial charge is 0.357 e. The molecule has 1 saturated heterocycles. The minimum atomic E-state index is -4.38. The molecule has 0 aliphatic carbocycles. The van der Waals surface area contributed by atoms with Crippen LogP contribution in [0.3, 0.4) is 0 Å². The van der Waals surface area contributed by atoms with Gasteiger partial charge in [-0.3, -0.25) is 0 Å². The van der Waals surface area contributed by atoms with Gasteiger partial charge in [-0.1, -0.05) is 12.1 Å². The van der Waals surface area contributed by atoms with Crippen molar-refractivity contribution in [3.05, 3.63) is 41.5 Å². The fourth-order valence-electron chi connectivity index (χ4n) is 2.91. The molecule has 0 spiro atoms. The molecule has 0 radical (unpaired) electrons. The zero-order chi connectivity index (χ0) is 16.4. The fraction of sp³-hybridized carbons (Fsp3) is 0.353. The summed E-state index contributed by atoms with van der Waals surface area (Å²) in [5.41, 5.74) is 0.745. The average Bonchev–Trinajstić information content (AvgIpc) is 2.99. The second-order valence-corrected chi connectivity index (χ2v) is 5.68. The van der Waals surface area contributed by atoms with Crippen LogP contribution in [-0.4, -0.2) is 18.1 Å². The van der Waals surface area contributed by atoms with Gasteiger partial charge < -0.3 is 9.88 Å². The van der Waals surface area contributed by atoms with E-state index in [0.717, 1.165) is 38.1 Å². The molecule has 3 rings (SSSR count). The van der Waals surface area contributed by atoms with Gasteiger partial charge in [0.1, 0.15) is 11.9 Å². The monoisotopic (exact) mass is 319 g/mol. The number of aromatic nitrogens is 1. The topological polar surface area (TPSA) is 42.8 Å². The Morgan fingerprint density at radius 3 is 2.48 bits per heavy atom. The van der Waals surface area contributed by atoms with E-state index in [-0.39, 0.29) is 0 Å². The SMILES string of the molecule is N#Cc1cc(-c2cccc(C(F)(F)F)c2)[nH]c1N1CCCCC1. The molecular formula is C17H16F3N3. The summed E-state index contributed by atoms with van der Waals surface area (Å²) >= 11 is 0. The Hall–Kier alpha value is -2.42. The molecule has 23 heavy (non-hydrogen) atoms. The van der Waals surface area contributed by atoms with E-state index < -0.39 is 11.7 Å². The van der Waals surface area contributed by atoms with Crippen LogP contribution < -0.4 is 4.90 Å². The van der Waals surface area contributed by atoms with Crippen LogP contribution in [0.4, 0.5) is 19.0 Å². The maximum Gasteiger partial charge on any atom is 0.416 e. The summed E-state index contributed by atoms with van der Waals surface area (Å²) in [4.78, 5) is 5.23. The Morgan fingerprint density at radius 2 is 1.83 bits per heavy atom. The number of benzene rings is 1. The van der Waals surface area contributed by atoms with Crippen molar-refractivity contribution in [2.75, 3.05) is 18.0 Å². The van der Waals surface area contributed by atoms with Crippen molar-refractivity contribution < 1.29 is 13.2 Å². The first-order valence-corrected chi connectivity index (χ1v) is 7.55. The van der Waals surface area contributed by atoms with Crippen LogP contribution in [-0.2, 0) is 6.18 Å². The number of rotatable bonds is 2. The summed E-state index contributed by atoms with van der Waals surface area (Å²) in [6.45, 7) is 1.72. The molecular weight excluding hydrogens is 303 g/mol. The van der Waals surface area contributed by atoms with Crippen LogP contribution in [0, 0.1) is 11.3 Å². The van der Waals surface area contributed by atoms with Gasteiger partial charge in [0.05, 0.1) is 11.1 Å². The van der Waals surface area contributed by atoms with Crippen molar-refractivity contribution in [1.29, 1.82) is 5.26 Å². The van der Waals surface area contributed by atoms with Crippen molar-refractivity contribution in [2.24, 2.45) is 0 Å². The standard InChI is InChI=1S/C17H16F3N3/c18-17(19,20)14-6-4-5-12(9-14)15-10-13(11-21)16(22-15)23-7-2-1-3-8-23/h4-6,9-10,22H,1-3,7-8H2. The summed E-state index contributed by atoms with van der Waals surface area (Å²) in [6, 6.07) is 8.90. The third-order valence-electron chi connectivity index (χ3n) is 4.09. The quantitative estimate of drug-likeness (QED) is 0.881. The average molecular weight is 319 g/mol. The Morgan fingerprint density at radius 1 is 1.09 bits per heavy atom. The van der Waals surface area contributed by atoms with Crippen LogP contribution in [0.15, 0.2) is 30.3 Å². The molecule has 0 unspecified atom stereocenters. The van der Waals surface area contributed by atoms with Crippen molar-refractivity contribution in [1.82, 2.24) is 4.98 Å². The van der Waals surface area contributed by atoms with Crippen molar-refractivity contribution in [3.63, 3.8) is 0 Å². The number of anilines is 1. The lowest BCUT2D eigenvalue weighted by atomic mass is 10.1. The number of nitriles is 1. The fourth-order valence-corrected chi connectivity index (χ4v) is 2.91. The van der Waals surface area contributed by atoms with Gasteiger partial charge >= 0.3 is 6.18 Å². The lowest BCUT2D eigenvalue weighted by Gasteiger charge is -2.27. The molecule has 1 fully saturated rings. The lowest BCUT2D eigenvalue weighted by Crippen LogP contribution is -2.30. The second kappa shape index (κ2) is 5.99. The third-order valence-corrected chi connectivity index (χ3v) is 4.09. The van der Waals surface area contributed by atoms with Crippen LogP contribution >= 0.6 is 0 Å². The summed E-state index contributed by atoms with van der Waals surface area (Å²) in [5, 5.41) is 9.32. The maximum absolute atomic E-state index is 12.9. The number of aromatic amines is 1. The van der Waals surface area contributed by atoms with Crippen LogP contribution in [0.25, 0.3) is 11.3 Å². The molecule has 0 amide bonds. The number of piperidine rings is 1. The highest BCUT2D eigenvalue weighted by molar-refractivity contribution is 5.70. The zero-order valence-electron chi connectivity index (χ0n) is 12.5. The van der Waals surface area contributed by atoms with Crippen LogP contribution in [0.2, 0.25) is 0 Å². The third kappa shape index (κ3) is 3.19. The zero-order valence-corrected chi connectivity index (χ0v) is 12.5. The van der Waals surface area contributed by atoms with E-state index in [1.165, 1.54) is 12.5 Å². The number of halogens is 3. The number of nitrogens with zero attached hydrogens (tertiary/aromatic N) is 2. The minimum Gasteiger partial charge on any atom is -0.357 e. The van der Waals surface area contributed by atoms with Crippen molar-refractivity contribution >= 4 is 5.82 Å². The van der Waals surface area contributed by atoms with Gasteiger partial charge in [0.25, 0.3) is 0 Å². The number of hydrogen-bond donors (Lipinski definition) is 1. The molecule has 0 bridgehead atoms. The molecule has 120 valence electrons. The maximum atomic E-state index is 12.9. The molecule has 6 heteroatoms. The van der Waals surface area contributed by atoms with Crippen molar-refractivity contribution in [2.45, 2.75) is 25.4 Å². The molecule has 2 heterocycles. The van der Waals surface area contributed by atoms with E-state index in [1.807, 2.05) is 0 Å². The first-order valence-electron chi connectivity index (χ1n) is 7.55. The summed E-state index contributed by atoms with van der Waals surface area (Å²) < 4.78 is 38.6. The Labute approximate surface area is 132 Å². The van der Waals surface area contributed by atoms with Gasteiger partial charge in [0.15, 0.2) is 0 Å². The van der Waals surface area contributed by atoms with E-state index in [0.29, 0.717) is 22.6 Å². The number of H-pyrrole nitrogens is 1. The van der Waals surface area contributed by atoms with E-state index >= 15 is 0 Å². The normalized spacial score (nSPS) is 15.5. The molecule has 0 atom stereocenters. The molecule has 1 N–H and O–H groups in total. The highest BCUT2D eigenvalue weighted by Gasteiger charge is 2.30. The van der Waals surface area contributed by atoms with Gasteiger partial charge in [-0.15, -0.1) is 0 Å². The predicted octanol–water partition coefficient (Wildman–Crippen LogP) is 4.56. The molecule has 1 aromatic heterocycles. The lowest BCUT2D eigenvalue weighted by molar-refractivity contribution is -0.137. The predicted molar refractivity (Wildman–Crippen MR) is 82.0 cm³/mol. The Bertz CT molecular complexity index is 734. The second-order valence-electron chi connectivity index (χ2n) is 5.68. The highest BCUT2D eigenvalue weighted by Crippen LogP contribution is 2.34. The van der Waals surface area contributed by atoms with Crippen LogP contribution in [0.1, 0.15) is 30.4 Å². The minimum absolute atomic E-state index is 0.430. The number of alkyl halides is 3. The first-order chi connectivity index (χ1) is 11.0. The van der Waals surface area contributed by atoms with Crippen molar-refractivity contribution in [3.8, 4) is 17.3 Å². The largest absolute Gasteiger partial charge is 0.416 e. The van der Waals surface area contributed by atoms with E-state index in [2.05, 4.69) is 16.0 Å². The van der Waals surface area contributed by atoms with E-state index in [1.54, 1.807) is 12.1 Å². The van der Waals surface area contributed by atoms with Crippen LogP contribution in [0.5, 0.6) is 0 Å². The molecule has 0 saturated carbocycles. The van der Waals surface area contributed by atoms with Gasteiger partial charge in [-0.2, -0.15) is 18.4 Å². The highest BCUT2D eigenvalue weighted by atomic mass is 19.4. The Balaban J connectivity index is 1.98. The molecule has 1 aromatic carbocycles.